The van der Waals surface area contributed by atoms with Crippen LogP contribution in [0.25, 0.3) is 11.1 Å². The summed E-state index contributed by atoms with van der Waals surface area (Å²) < 4.78 is 17.8. The standard InChI is InChI=1S/C40H46N4O5/c1-40(2,3)49-39(46)44-22-20-33(21-23-44)38(45)43-26-24-42(25-27-43)34-16-14-32(15-17-34)35-18-19-36(47-28-30-10-6-4-7-11-30)41-37(35)48-29-31-12-8-5-9-13-31/h4-19,33H,20-29H2,1-3H3. The molecule has 0 radical (unpaired) electrons. The zero-order valence-electron chi connectivity index (χ0n) is 28.7. The van der Waals surface area contributed by atoms with Crippen molar-refractivity contribution in [2.45, 2.75) is 52.4 Å². The van der Waals surface area contributed by atoms with Gasteiger partial charge in [0.1, 0.15) is 18.8 Å². The third-order valence-corrected chi connectivity index (χ3v) is 8.91. The van der Waals surface area contributed by atoms with Gasteiger partial charge in [0.05, 0.1) is 0 Å². The highest BCUT2D eigenvalue weighted by Crippen LogP contribution is 2.33. The van der Waals surface area contributed by atoms with Gasteiger partial charge in [-0.05, 0) is 68.5 Å². The van der Waals surface area contributed by atoms with Crippen LogP contribution in [-0.2, 0) is 22.7 Å². The lowest BCUT2D eigenvalue weighted by atomic mass is 9.95. The van der Waals surface area contributed by atoms with Gasteiger partial charge in [0, 0.05) is 62.5 Å². The predicted octanol–water partition coefficient (Wildman–Crippen LogP) is 7.20. The fourth-order valence-electron chi connectivity index (χ4n) is 6.22. The Kier molecular flexibility index (Phi) is 10.7. The first-order valence-corrected chi connectivity index (χ1v) is 17.2. The first-order valence-electron chi connectivity index (χ1n) is 17.2. The maximum absolute atomic E-state index is 13.4. The summed E-state index contributed by atoms with van der Waals surface area (Å²) in [5.41, 5.74) is 4.61. The number of hydrogen-bond acceptors (Lipinski definition) is 7. The predicted molar refractivity (Wildman–Crippen MR) is 191 cm³/mol. The number of piperidine rings is 1. The highest BCUT2D eigenvalue weighted by Gasteiger charge is 2.33. The number of likely N-dealkylation sites (tertiary alicyclic amines) is 1. The summed E-state index contributed by atoms with van der Waals surface area (Å²) in [7, 11) is 0. The van der Waals surface area contributed by atoms with Gasteiger partial charge >= 0.3 is 6.09 Å². The third-order valence-electron chi connectivity index (χ3n) is 8.91. The van der Waals surface area contributed by atoms with E-state index in [2.05, 4.69) is 29.2 Å². The van der Waals surface area contributed by atoms with E-state index in [1.807, 2.05) is 98.5 Å². The Morgan fingerprint density at radius 1 is 0.694 bits per heavy atom. The molecule has 49 heavy (non-hydrogen) atoms. The van der Waals surface area contributed by atoms with E-state index < -0.39 is 5.60 Å². The molecule has 2 aliphatic heterocycles. The molecule has 2 fully saturated rings. The SMILES string of the molecule is CC(C)(C)OC(=O)N1CCC(C(=O)N2CCN(c3ccc(-c4ccc(OCc5ccccc5)nc4OCc4ccccc4)cc3)CC2)CC1. The number of pyridine rings is 1. The number of carbonyl (C=O) groups excluding carboxylic acids is 2. The van der Waals surface area contributed by atoms with E-state index >= 15 is 0 Å². The van der Waals surface area contributed by atoms with Gasteiger partial charge in [0.2, 0.25) is 17.7 Å². The lowest BCUT2D eigenvalue weighted by Crippen LogP contribution is -2.52. The summed E-state index contributed by atoms with van der Waals surface area (Å²) >= 11 is 0. The Morgan fingerprint density at radius 3 is 1.88 bits per heavy atom. The molecule has 9 nitrogen and oxygen atoms in total. The third kappa shape index (κ3) is 9.10. The molecule has 2 amide bonds. The van der Waals surface area contributed by atoms with Crippen molar-refractivity contribution in [2.75, 3.05) is 44.2 Å². The molecule has 0 bridgehead atoms. The molecule has 0 saturated carbocycles. The molecule has 3 heterocycles. The van der Waals surface area contributed by atoms with E-state index in [0.29, 0.717) is 64.0 Å². The first-order chi connectivity index (χ1) is 23.7. The number of rotatable bonds is 9. The average molecular weight is 663 g/mol. The number of amides is 2. The average Bonchev–Trinajstić information content (AvgIpc) is 3.13. The largest absolute Gasteiger partial charge is 0.473 e. The molecule has 256 valence electrons. The Morgan fingerprint density at radius 2 is 1.29 bits per heavy atom. The Hall–Kier alpha value is -5.05. The Balaban J connectivity index is 1.06. The van der Waals surface area contributed by atoms with Gasteiger partial charge in [-0.2, -0.15) is 4.98 Å². The quantitative estimate of drug-likeness (QED) is 0.187. The number of anilines is 1. The van der Waals surface area contributed by atoms with E-state index in [9.17, 15) is 9.59 Å². The van der Waals surface area contributed by atoms with Crippen molar-refractivity contribution in [1.82, 2.24) is 14.8 Å². The minimum absolute atomic E-state index is 0.0495. The van der Waals surface area contributed by atoms with Crippen molar-refractivity contribution in [1.29, 1.82) is 0 Å². The van der Waals surface area contributed by atoms with E-state index in [-0.39, 0.29) is 17.9 Å². The molecule has 2 aliphatic rings. The minimum atomic E-state index is -0.523. The minimum Gasteiger partial charge on any atom is -0.473 e. The van der Waals surface area contributed by atoms with E-state index in [1.54, 1.807) is 4.90 Å². The van der Waals surface area contributed by atoms with E-state index in [0.717, 1.165) is 41.0 Å². The molecule has 0 aliphatic carbocycles. The first kappa shape index (κ1) is 33.8. The van der Waals surface area contributed by atoms with Crippen molar-refractivity contribution in [3.8, 4) is 22.9 Å². The van der Waals surface area contributed by atoms with Crippen LogP contribution in [0.4, 0.5) is 10.5 Å². The van der Waals surface area contributed by atoms with Crippen LogP contribution in [0.5, 0.6) is 11.8 Å². The van der Waals surface area contributed by atoms with Crippen molar-refractivity contribution >= 4 is 17.7 Å². The van der Waals surface area contributed by atoms with Gasteiger partial charge in [-0.1, -0.05) is 72.8 Å². The maximum atomic E-state index is 13.4. The highest BCUT2D eigenvalue weighted by atomic mass is 16.6. The molecular formula is C40H46N4O5. The second-order valence-electron chi connectivity index (χ2n) is 13.7. The number of aromatic nitrogens is 1. The summed E-state index contributed by atoms with van der Waals surface area (Å²) in [6.45, 7) is 10.4. The smallest absolute Gasteiger partial charge is 0.410 e. The van der Waals surface area contributed by atoms with Gasteiger partial charge in [-0.25, -0.2) is 4.79 Å². The fourth-order valence-corrected chi connectivity index (χ4v) is 6.22. The monoisotopic (exact) mass is 662 g/mol. The van der Waals surface area contributed by atoms with Crippen molar-refractivity contribution in [3.05, 3.63) is 108 Å². The number of benzene rings is 3. The van der Waals surface area contributed by atoms with Crippen LogP contribution >= 0.6 is 0 Å². The molecule has 1 aromatic heterocycles. The van der Waals surface area contributed by atoms with Crippen molar-refractivity contribution < 1.29 is 23.8 Å². The van der Waals surface area contributed by atoms with Crippen LogP contribution in [0.15, 0.2) is 97.1 Å². The molecule has 2 saturated heterocycles. The van der Waals surface area contributed by atoms with Crippen molar-refractivity contribution in [2.24, 2.45) is 5.92 Å². The molecule has 4 aromatic rings. The van der Waals surface area contributed by atoms with Gasteiger partial charge in [0.25, 0.3) is 0 Å². The lowest BCUT2D eigenvalue weighted by Gasteiger charge is -2.39. The normalized spacial score (nSPS) is 15.5. The second kappa shape index (κ2) is 15.4. The Labute approximate surface area is 289 Å². The number of hydrogen-bond donors (Lipinski definition) is 0. The summed E-state index contributed by atoms with van der Waals surface area (Å²) in [4.78, 5) is 36.6. The highest BCUT2D eigenvalue weighted by molar-refractivity contribution is 5.80. The molecule has 0 atom stereocenters. The summed E-state index contributed by atoms with van der Waals surface area (Å²) in [6, 6.07) is 32.4. The molecule has 6 rings (SSSR count). The molecule has 9 heteroatoms. The molecule has 0 unspecified atom stereocenters. The van der Waals surface area contributed by atoms with E-state index in [1.165, 1.54) is 0 Å². The molecule has 3 aromatic carbocycles. The summed E-state index contributed by atoms with van der Waals surface area (Å²) in [5.74, 6) is 1.18. The van der Waals surface area contributed by atoms with Crippen LogP contribution in [0.3, 0.4) is 0 Å². The van der Waals surface area contributed by atoms with Crippen LogP contribution in [0, 0.1) is 5.92 Å². The number of piperazine rings is 1. The van der Waals surface area contributed by atoms with Crippen LogP contribution in [0.2, 0.25) is 0 Å². The van der Waals surface area contributed by atoms with Crippen molar-refractivity contribution in [3.63, 3.8) is 0 Å². The lowest BCUT2D eigenvalue weighted by molar-refractivity contribution is -0.137. The van der Waals surface area contributed by atoms with Gasteiger partial charge in [0.15, 0.2) is 0 Å². The summed E-state index contributed by atoms with van der Waals surface area (Å²) in [6.07, 6.45) is 1.05. The van der Waals surface area contributed by atoms with Crippen LogP contribution in [0.1, 0.15) is 44.7 Å². The van der Waals surface area contributed by atoms with Gasteiger partial charge in [-0.15, -0.1) is 0 Å². The zero-order valence-corrected chi connectivity index (χ0v) is 28.7. The Bertz CT molecular complexity index is 1680. The fraction of sp³-hybridized carbons (Fsp3) is 0.375. The number of nitrogens with zero attached hydrogens (tertiary/aromatic N) is 4. The number of ether oxygens (including phenoxy) is 3. The molecule has 0 N–H and O–H groups in total. The zero-order chi connectivity index (χ0) is 34.2. The molecular weight excluding hydrogens is 616 g/mol. The maximum Gasteiger partial charge on any atom is 0.410 e. The second-order valence-corrected chi connectivity index (χ2v) is 13.7. The van der Waals surface area contributed by atoms with E-state index in [4.69, 9.17) is 19.2 Å². The topological polar surface area (TPSA) is 84.4 Å². The van der Waals surface area contributed by atoms with Crippen LogP contribution < -0.4 is 14.4 Å². The van der Waals surface area contributed by atoms with Gasteiger partial charge in [-0.3, -0.25) is 4.79 Å². The summed E-state index contributed by atoms with van der Waals surface area (Å²) in [5, 5.41) is 0. The van der Waals surface area contributed by atoms with Gasteiger partial charge < -0.3 is 28.9 Å². The number of carbonyl (C=O) groups is 2. The van der Waals surface area contributed by atoms with Crippen LogP contribution in [-0.4, -0.2) is 71.7 Å². The molecule has 0 spiro atoms.